The zero-order chi connectivity index (χ0) is 11.7. The van der Waals surface area contributed by atoms with Crippen LogP contribution in [0.1, 0.15) is 12.0 Å². The van der Waals surface area contributed by atoms with E-state index in [0.717, 1.165) is 0 Å². The molecule has 1 atom stereocenters. The normalized spacial score (nSPS) is 23.1. The Morgan fingerprint density at radius 1 is 0.882 bits per heavy atom. The van der Waals surface area contributed by atoms with Crippen LogP contribution in [-0.4, -0.2) is 8.07 Å². The average Bonchev–Trinajstić information content (AvgIpc) is 2.40. The van der Waals surface area contributed by atoms with E-state index >= 15 is 0 Å². The van der Waals surface area contributed by atoms with Gasteiger partial charge in [0.15, 0.2) is 0 Å². The summed E-state index contributed by atoms with van der Waals surface area (Å²) in [6.07, 6.45) is 2.63. The van der Waals surface area contributed by atoms with Crippen molar-refractivity contribution in [3.63, 3.8) is 0 Å². The molecule has 0 fully saturated rings. The van der Waals surface area contributed by atoms with Gasteiger partial charge < -0.3 is 0 Å². The Hall–Kier alpha value is -1.34. The lowest BCUT2D eigenvalue weighted by atomic mass is 10.1. The van der Waals surface area contributed by atoms with Gasteiger partial charge in [0.25, 0.3) is 0 Å². The number of hydrogen-bond acceptors (Lipinski definition) is 0. The molecule has 1 heteroatoms. The average molecular weight is 238 g/mol. The third kappa shape index (κ3) is 1.75. The smallest absolute Gasteiger partial charge is 0.0626 e. The quantitative estimate of drug-likeness (QED) is 0.670. The molecule has 2 aromatic carbocycles. The first-order chi connectivity index (χ1) is 8.31. The van der Waals surface area contributed by atoms with Crippen LogP contribution in [0.4, 0.5) is 0 Å². The highest BCUT2D eigenvalue weighted by Gasteiger charge is 2.35. The second kappa shape index (κ2) is 4.15. The lowest BCUT2D eigenvalue weighted by Crippen LogP contribution is -2.58. The van der Waals surface area contributed by atoms with Crippen molar-refractivity contribution in [3.8, 4) is 0 Å². The van der Waals surface area contributed by atoms with Crippen LogP contribution < -0.4 is 10.4 Å². The lowest BCUT2D eigenvalue weighted by molar-refractivity contribution is 0.892. The van der Waals surface area contributed by atoms with Crippen molar-refractivity contribution < 1.29 is 0 Å². The highest BCUT2D eigenvalue weighted by Crippen LogP contribution is 2.22. The first-order valence-electron chi connectivity index (χ1n) is 6.45. The molecule has 0 N–H and O–H groups in total. The Kier molecular flexibility index (Phi) is 2.64. The number of hydrogen-bond donors (Lipinski definition) is 0. The van der Waals surface area contributed by atoms with Gasteiger partial charge in [-0.15, -0.1) is 0 Å². The van der Waals surface area contributed by atoms with Gasteiger partial charge in [0.2, 0.25) is 0 Å². The molecule has 3 rings (SSSR count). The predicted octanol–water partition coefficient (Wildman–Crippen LogP) is 2.83. The first kappa shape index (κ1) is 10.8. The highest BCUT2D eigenvalue weighted by molar-refractivity contribution is 7.01. The molecule has 86 valence electrons. The van der Waals surface area contributed by atoms with Crippen LogP contribution in [0.5, 0.6) is 0 Å². The minimum absolute atomic E-state index is 1.27. The van der Waals surface area contributed by atoms with Crippen LogP contribution in [0.25, 0.3) is 0 Å². The molecule has 0 saturated carbocycles. The fraction of sp³-hybridized carbons (Fsp3) is 0.250. The van der Waals surface area contributed by atoms with E-state index in [-0.39, 0.29) is 0 Å². The molecule has 1 aliphatic rings. The van der Waals surface area contributed by atoms with Crippen LogP contribution in [0, 0.1) is 0 Å². The summed E-state index contributed by atoms with van der Waals surface area (Å²) in [6.45, 7) is 2.53. The molecule has 0 radical (unpaired) electrons. The molecule has 1 aliphatic heterocycles. The van der Waals surface area contributed by atoms with Crippen molar-refractivity contribution in [2.75, 3.05) is 0 Å². The summed E-state index contributed by atoms with van der Waals surface area (Å²) >= 11 is 0. The van der Waals surface area contributed by atoms with Gasteiger partial charge in [-0.1, -0.05) is 77.9 Å². The van der Waals surface area contributed by atoms with Gasteiger partial charge in [-0.25, -0.2) is 0 Å². The Balaban J connectivity index is 2.16. The minimum atomic E-state index is -1.43. The van der Waals surface area contributed by atoms with Crippen molar-refractivity contribution in [1.82, 2.24) is 0 Å². The van der Waals surface area contributed by atoms with E-state index in [4.69, 9.17) is 0 Å². The Morgan fingerprint density at radius 3 is 2.41 bits per heavy atom. The fourth-order valence-corrected chi connectivity index (χ4v) is 7.21. The minimum Gasteiger partial charge on any atom is -0.0626 e. The zero-order valence-electron chi connectivity index (χ0n) is 10.3. The summed E-state index contributed by atoms with van der Waals surface area (Å²) in [5.74, 6) is 0. The first-order valence-corrected chi connectivity index (χ1v) is 9.15. The van der Waals surface area contributed by atoms with Gasteiger partial charge in [-0.3, -0.25) is 0 Å². The van der Waals surface area contributed by atoms with E-state index in [0.29, 0.717) is 0 Å². The summed E-state index contributed by atoms with van der Waals surface area (Å²) in [6, 6.07) is 21.6. The van der Waals surface area contributed by atoms with E-state index in [1.54, 1.807) is 15.9 Å². The third-order valence-corrected chi connectivity index (χ3v) is 8.78. The monoisotopic (exact) mass is 238 g/mol. The van der Waals surface area contributed by atoms with Crippen LogP contribution in [-0.2, 0) is 6.42 Å². The van der Waals surface area contributed by atoms with Crippen molar-refractivity contribution in [2.24, 2.45) is 0 Å². The second-order valence-electron chi connectivity index (χ2n) is 5.21. The van der Waals surface area contributed by atoms with E-state index < -0.39 is 8.07 Å². The van der Waals surface area contributed by atoms with E-state index in [1.165, 1.54) is 18.9 Å². The molecule has 17 heavy (non-hydrogen) atoms. The summed E-state index contributed by atoms with van der Waals surface area (Å²) < 4.78 is 0. The molecule has 1 unspecified atom stereocenters. The maximum Gasteiger partial charge on any atom is 0.115 e. The van der Waals surface area contributed by atoms with E-state index in [9.17, 15) is 0 Å². The number of aryl methyl sites for hydroxylation is 1. The topological polar surface area (TPSA) is 0 Å². The predicted molar refractivity (Wildman–Crippen MR) is 76.9 cm³/mol. The molecular formula is C16H18Si. The largest absolute Gasteiger partial charge is 0.115 e. The maximum absolute atomic E-state index is 2.53. The molecule has 0 nitrogen and oxygen atoms in total. The van der Waals surface area contributed by atoms with Gasteiger partial charge in [0.1, 0.15) is 8.07 Å². The summed E-state index contributed by atoms with van der Waals surface area (Å²) in [5, 5.41) is 3.25. The molecule has 0 bridgehead atoms. The molecule has 0 spiro atoms. The maximum atomic E-state index is 2.53. The molecule has 1 heterocycles. The van der Waals surface area contributed by atoms with Gasteiger partial charge in [0, 0.05) is 0 Å². The van der Waals surface area contributed by atoms with Gasteiger partial charge in [0.05, 0.1) is 0 Å². The number of benzene rings is 2. The zero-order valence-corrected chi connectivity index (χ0v) is 11.3. The van der Waals surface area contributed by atoms with Crippen LogP contribution >= 0.6 is 0 Å². The van der Waals surface area contributed by atoms with Crippen molar-refractivity contribution >= 4 is 18.4 Å². The summed E-state index contributed by atoms with van der Waals surface area (Å²) in [5.41, 5.74) is 1.59. The van der Waals surface area contributed by atoms with Crippen molar-refractivity contribution in [2.45, 2.75) is 25.4 Å². The highest BCUT2D eigenvalue weighted by atomic mass is 28.3. The molecule has 0 saturated heterocycles. The SMILES string of the molecule is C[Si]1(c2ccccc2)CCCc2ccccc21. The van der Waals surface area contributed by atoms with Crippen LogP contribution in [0.3, 0.4) is 0 Å². The molecule has 0 aliphatic carbocycles. The Bertz CT molecular complexity index is 518. The molecular weight excluding hydrogens is 220 g/mol. The summed E-state index contributed by atoms with van der Waals surface area (Å²) in [4.78, 5) is 0. The van der Waals surface area contributed by atoms with Gasteiger partial charge in [-0.2, -0.15) is 0 Å². The van der Waals surface area contributed by atoms with E-state index in [1.807, 2.05) is 0 Å². The number of fused-ring (bicyclic) bond motifs is 1. The molecule has 0 aromatic heterocycles. The molecule has 2 aromatic rings. The van der Waals surface area contributed by atoms with Crippen molar-refractivity contribution in [1.29, 1.82) is 0 Å². The van der Waals surface area contributed by atoms with Crippen LogP contribution in [0.15, 0.2) is 54.6 Å². The Morgan fingerprint density at radius 2 is 1.59 bits per heavy atom. The third-order valence-electron chi connectivity index (χ3n) is 4.15. The standard InChI is InChI=1S/C16H18Si/c1-17(15-10-3-2-4-11-15)13-7-9-14-8-5-6-12-16(14)17/h2-6,8,10-12H,7,9,13H2,1H3. The van der Waals surface area contributed by atoms with Crippen LogP contribution in [0.2, 0.25) is 12.6 Å². The van der Waals surface area contributed by atoms with E-state index in [2.05, 4.69) is 61.1 Å². The summed E-state index contributed by atoms with van der Waals surface area (Å²) in [7, 11) is -1.43. The second-order valence-corrected chi connectivity index (χ2v) is 9.49. The Labute approximate surface area is 104 Å². The van der Waals surface area contributed by atoms with Gasteiger partial charge >= 0.3 is 0 Å². The fourth-order valence-electron chi connectivity index (χ4n) is 3.15. The van der Waals surface area contributed by atoms with Crippen molar-refractivity contribution in [3.05, 3.63) is 60.2 Å². The number of rotatable bonds is 1. The lowest BCUT2D eigenvalue weighted by Gasteiger charge is -2.34. The molecule has 0 amide bonds. The van der Waals surface area contributed by atoms with Gasteiger partial charge in [-0.05, 0) is 18.0 Å².